The molecule has 1 N–H and O–H groups in total. The first-order valence-corrected chi connectivity index (χ1v) is 9.42. The number of benzene rings is 2. The number of likely N-dealkylation sites (N-methyl/N-ethyl adjacent to an activating group) is 1. The topological polar surface area (TPSA) is 58.6 Å². The van der Waals surface area contributed by atoms with Gasteiger partial charge in [-0.15, -0.1) is 0 Å². The highest BCUT2D eigenvalue weighted by Crippen LogP contribution is 2.27. The Morgan fingerprint density at radius 2 is 1.71 bits per heavy atom. The van der Waals surface area contributed by atoms with E-state index in [4.69, 9.17) is 4.74 Å². The summed E-state index contributed by atoms with van der Waals surface area (Å²) in [4.78, 5) is 26.4. The first kappa shape index (κ1) is 20.0. The maximum absolute atomic E-state index is 14.2. The highest BCUT2D eigenvalue weighted by Gasteiger charge is 2.32. The van der Waals surface area contributed by atoms with Crippen molar-refractivity contribution in [3.05, 3.63) is 59.9 Å². The molecule has 6 heteroatoms. The second-order valence-corrected chi connectivity index (χ2v) is 7.07. The smallest absolute Gasteiger partial charge is 0.307 e. The lowest BCUT2D eigenvalue weighted by Crippen LogP contribution is -2.41. The van der Waals surface area contributed by atoms with Gasteiger partial charge < -0.3 is 10.1 Å². The van der Waals surface area contributed by atoms with Crippen LogP contribution in [0.5, 0.6) is 0 Å². The number of esters is 1. The van der Waals surface area contributed by atoms with Crippen LogP contribution in [-0.2, 0) is 9.53 Å². The monoisotopic (exact) mass is 384 g/mol. The zero-order chi connectivity index (χ0) is 20.1. The molecule has 0 radical (unpaired) electrons. The molecule has 3 rings (SSSR count). The molecule has 1 fully saturated rings. The maximum Gasteiger partial charge on any atom is 0.307 e. The number of carbonyl (C=O) groups is 2. The fraction of sp³-hybridized carbons (Fsp3) is 0.364. The first-order chi connectivity index (χ1) is 13.5. The summed E-state index contributed by atoms with van der Waals surface area (Å²) in [6.45, 7) is 0.471. The van der Waals surface area contributed by atoms with Crippen LogP contribution in [0.3, 0.4) is 0 Å². The van der Waals surface area contributed by atoms with Gasteiger partial charge in [-0.1, -0.05) is 36.4 Å². The number of halogens is 1. The Labute approximate surface area is 164 Å². The highest BCUT2D eigenvalue weighted by atomic mass is 19.1. The minimum atomic E-state index is -0.357. The summed E-state index contributed by atoms with van der Waals surface area (Å²) in [6, 6.07) is 13.7. The molecule has 2 aromatic carbocycles. The summed E-state index contributed by atoms with van der Waals surface area (Å²) >= 11 is 0. The zero-order valence-electron chi connectivity index (χ0n) is 16.2. The normalized spacial score (nSPS) is 19.4. The van der Waals surface area contributed by atoms with Crippen molar-refractivity contribution in [1.82, 2.24) is 10.2 Å². The predicted molar refractivity (Wildman–Crippen MR) is 105 cm³/mol. The fourth-order valence-corrected chi connectivity index (χ4v) is 3.76. The van der Waals surface area contributed by atoms with Gasteiger partial charge in [0.2, 0.25) is 0 Å². The molecule has 1 aliphatic heterocycles. The third-order valence-corrected chi connectivity index (χ3v) is 5.45. The van der Waals surface area contributed by atoms with E-state index in [2.05, 4.69) is 10.2 Å². The molecule has 0 aromatic heterocycles. The molecular weight excluding hydrogens is 359 g/mol. The van der Waals surface area contributed by atoms with Gasteiger partial charge >= 0.3 is 5.97 Å². The lowest BCUT2D eigenvalue weighted by atomic mass is 9.98. The SMILES string of the molecule is COC(=O)C[C@H]1CC[C@@H](CNC(=O)c2ccccc2-c2ccccc2F)N1C. The van der Waals surface area contributed by atoms with E-state index < -0.39 is 0 Å². The van der Waals surface area contributed by atoms with E-state index in [1.807, 2.05) is 7.05 Å². The molecular formula is C22H25FN2O3. The van der Waals surface area contributed by atoms with Crippen molar-refractivity contribution in [1.29, 1.82) is 0 Å². The van der Waals surface area contributed by atoms with Crippen molar-refractivity contribution in [2.45, 2.75) is 31.3 Å². The first-order valence-electron chi connectivity index (χ1n) is 9.42. The largest absolute Gasteiger partial charge is 0.469 e. The summed E-state index contributed by atoms with van der Waals surface area (Å²) in [7, 11) is 3.35. The summed E-state index contributed by atoms with van der Waals surface area (Å²) in [5.41, 5.74) is 1.42. The third-order valence-electron chi connectivity index (χ3n) is 5.45. The summed E-state index contributed by atoms with van der Waals surface area (Å²) in [6.07, 6.45) is 2.14. The van der Waals surface area contributed by atoms with Gasteiger partial charge in [-0.05, 0) is 37.6 Å². The zero-order valence-corrected chi connectivity index (χ0v) is 16.2. The number of hydrogen-bond donors (Lipinski definition) is 1. The number of likely N-dealkylation sites (tertiary alicyclic amines) is 1. The Balaban J connectivity index is 1.67. The van der Waals surface area contributed by atoms with E-state index in [1.165, 1.54) is 13.2 Å². The Bertz CT molecular complexity index is 855. The molecule has 1 saturated heterocycles. The van der Waals surface area contributed by atoms with Gasteiger partial charge in [-0.25, -0.2) is 4.39 Å². The minimum absolute atomic E-state index is 0.125. The number of carbonyl (C=O) groups excluding carboxylic acids is 2. The van der Waals surface area contributed by atoms with Crippen molar-refractivity contribution in [2.24, 2.45) is 0 Å². The molecule has 0 aliphatic carbocycles. The van der Waals surface area contributed by atoms with E-state index in [0.29, 0.717) is 29.7 Å². The van der Waals surface area contributed by atoms with E-state index >= 15 is 0 Å². The van der Waals surface area contributed by atoms with Gasteiger partial charge in [0.1, 0.15) is 5.82 Å². The number of ether oxygens (including phenoxy) is 1. The van der Waals surface area contributed by atoms with Crippen LogP contribution in [0.15, 0.2) is 48.5 Å². The van der Waals surface area contributed by atoms with E-state index in [1.54, 1.807) is 42.5 Å². The van der Waals surface area contributed by atoms with Crippen LogP contribution < -0.4 is 5.32 Å². The van der Waals surface area contributed by atoms with Crippen molar-refractivity contribution < 1.29 is 18.7 Å². The molecule has 1 aliphatic rings. The van der Waals surface area contributed by atoms with Crippen molar-refractivity contribution in [3.8, 4) is 11.1 Å². The highest BCUT2D eigenvalue weighted by molar-refractivity contribution is 6.00. The standard InChI is InChI=1S/C22H25FN2O3/c1-25-15(13-21(26)28-2)11-12-16(25)14-24-22(27)19-9-4-3-7-17(19)18-8-5-6-10-20(18)23/h3-10,15-16H,11-14H2,1-2H3,(H,24,27)/t15-,16+/m1/s1. The third kappa shape index (κ3) is 4.39. The van der Waals surface area contributed by atoms with E-state index in [0.717, 1.165) is 12.8 Å². The molecule has 2 aromatic rings. The Kier molecular flexibility index (Phi) is 6.41. The van der Waals surface area contributed by atoms with Gasteiger partial charge in [-0.2, -0.15) is 0 Å². The lowest BCUT2D eigenvalue weighted by molar-refractivity contribution is -0.141. The fourth-order valence-electron chi connectivity index (χ4n) is 3.76. The number of nitrogens with one attached hydrogen (secondary N) is 1. The molecule has 0 unspecified atom stereocenters. The van der Waals surface area contributed by atoms with Crippen molar-refractivity contribution in [2.75, 3.05) is 20.7 Å². The summed E-state index contributed by atoms with van der Waals surface area (Å²) in [5.74, 6) is -0.812. The Hall–Kier alpha value is -2.73. The molecule has 0 spiro atoms. The Morgan fingerprint density at radius 1 is 1.07 bits per heavy atom. The van der Waals surface area contributed by atoms with Crippen LogP contribution in [0.1, 0.15) is 29.6 Å². The number of amides is 1. The van der Waals surface area contributed by atoms with Crippen molar-refractivity contribution in [3.63, 3.8) is 0 Å². The average molecular weight is 384 g/mol. The number of methoxy groups -OCH3 is 1. The molecule has 1 heterocycles. The van der Waals surface area contributed by atoms with Gasteiger partial charge in [0, 0.05) is 29.8 Å². The molecule has 0 bridgehead atoms. The Morgan fingerprint density at radius 3 is 2.43 bits per heavy atom. The minimum Gasteiger partial charge on any atom is -0.469 e. The second kappa shape index (κ2) is 8.97. The van der Waals surface area contributed by atoms with Crippen LogP contribution in [0.2, 0.25) is 0 Å². The average Bonchev–Trinajstić information content (AvgIpc) is 3.06. The van der Waals surface area contributed by atoms with E-state index in [-0.39, 0.29) is 29.8 Å². The van der Waals surface area contributed by atoms with Crippen LogP contribution >= 0.6 is 0 Å². The van der Waals surface area contributed by atoms with Crippen LogP contribution in [0.25, 0.3) is 11.1 Å². The number of rotatable bonds is 6. The van der Waals surface area contributed by atoms with Crippen molar-refractivity contribution >= 4 is 11.9 Å². The predicted octanol–water partition coefficient (Wildman–Crippen LogP) is 3.25. The quantitative estimate of drug-likeness (QED) is 0.777. The summed E-state index contributed by atoms with van der Waals surface area (Å²) in [5, 5.41) is 2.97. The summed E-state index contributed by atoms with van der Waals surface area (Å²) < 4.78 is 19.0. The lowest BCUT2D eigenvalue weighted by Gasteiger charge is -2.25. The molecule has 1 amide bonds. The van der Waals surface area contributed by atoms with Gasteiger partial charge in [0.05, 0.1) is 13.5 Å². The van der Waals surface area contributed by atoms with E-state index in [9.17, 15) is 14.0 Å². The molecule has 5 nitrogen and oxygen atoms in total. The maximum atomic E-state index is 14.2. The van der Waals surface area contributed by atoms with Gasteiger partial charge in [-0.3, -0.25) is 14.5 Å². The van der Waals surface area contributed by atoms with Crippen LogP contribution in [0.4, 0.5) is 4.39 Å². The molecule has 148 valence electrons. The molecule has 0 saturated carbocycles. The van der Waals surface area contributed by atoms with Crippen LogP contribution in [-0.4, -0.2) is 49.6 Å². The molecule has 28 heavy (non-hydrogen) atoms. The number of nitrogens with zero attached hydrogens (tertiary/aromatic N) is 1. The second-order valence-electron chi connectivity index (χ2n) is 7.07. The van der Waals surface area contributed by atoms with Gasteiger partial charge in [0.15, 0.2) is 0 Å². The molecule has 2 atom stereocenters. The van der Waals surface area contributed by atoms with Crippen LogP contribution in [0, 0.1) is 5.82 Å². The van der Waals surface area contributed by atoms with Gasteiger partial charge in [0.25, 0.3) is 5.91 Å². The number of hydrogen-bond acceptors (Lipinski definition) is 4.